The van der Waals surface area contributed by atoms with Gasteiger partial charge in [0.15, 0.2) is 0 Å². The van der Waals surface area contributed by atoms with Gasteiger partial charge in [0.2, 0.25) is 5.91 Å². The van der Waals surface area contributed by atoms with Crippen LogP contribution < -0.4 is 10.1 Å². The van der Waals surface area contributed by atoms with Crippen molar-refractivity contribution in [3.8, 4) is 5.75 Å². The van der Waals surface area contributed by atoms with Crippen molar-refractivity contribution in [1.29, 1.82) is 0 Å². The van der Waals surface area contributed by atoms with Crippen molar-refractivity contribution in [3.05, 3.63) is 59.0 Å². The third-order valence-electron chi connectivity index (χ3n) is 7.93. The van der Waals surface area contributed by atoms with Crippen LogP contribution in [0.3, 0.4) is 0 Å². The van der Waals surface area contributed by atoms with E-state index in [1.54, 1.807) is 6.20 Å². The summed E-state index contributed by atoms with van der Waals surface area (Å²) in [7, 11) is 0. The highest BCUT2D eigenvalue weighted by molar-refractivity contribution is 6.31. The van der Waals surface area contributed by atoms with Crippen molar-refractivity contribution in [3.63, 3.8) is 0 Å². The van der Waals surface area contributed by atoms with E-state index in [-0.39, 0.29) is 11.8 Å². The summed E-state index contributed by atoms with van der Waals surface area (Å²) in [6.45, 7) is 4.88. The van der Waals surface area contributed by atoms with Crippen molar-refractivity contribution in [2.75, 3.05) is 31.6 Å². The molecule has 2 aliphatic heterocycles. The number of halogens is 1. The average Bonchev–Trinajstić information content (AvgIpc) is 3.08. The molecular weight excluding hydrogens is 464 g/mol. The summed E-state index contributed by atoms with van der Waals surface area (Å²) in [5, 5.41) is 14.8. The van der Waals surface area contributed by atoms with Crippen LogP contribution in [0.5, 0.6) is 5.75 Å². The quantitative estimate of drug-likeness (QED) is 0.553. The zero-order chi connectivity index (χ0) is 24.2. The van der Waals surface area contributed by atoms with E-state index in [4.69, 9.17) is 16.3 Å². The third kappa shape index (κ3) is 4.05. The monoisotopic (exact) mass is 492 g/mol. The van der Waals surface area contributed by atoms with Crippen LogP contribution in [0.1, 0.15) is 49.8 Å². The van der Waals surface area contributed by atoms with Gasteiger partial charge in [-0.2, -0.15) is 0 Å². The third-order valence-corrected chi connectivity index (χ3v) is 8.16. The van der Waals surface area contributed by atoms with E-state index in [0.29, 0.717) is 11.6 Å². The highest BCUT2D eigenvalue weighted by Gasteiger charge is 2.48. The summed E-state index contributed by atoms with van der Waals surface area (Å²) in [6.07, 6.45) is 6.55. The first-order valence-electron chi connectivity index (χ1n) is 12.3. The van der Waals surface area contributed by atoms with Gasteiger partial charge in [-0.25, -0.2) is 0 Å². The minimum Gasteiger partial charge on any atom is -0.491 e. The van der Waals surface area contributed by atoms with Crippen molar-refractivity contribution in [1.82, 2.24) is 14.9 Å². The van der Waals surface area contributed by atoms with E-state index in [0.717, 1.165) is 78.9 Å². The number of hydrogen-bond donors (Lipinski definition) is 2. The number of nitrogens with zero attached hydrogens (tertiary/aromatic N) is 3. The molecule has 2 fully saturated rings. The molecule has 2 aromatic heterocycles. The highest BCUT2D eigenvalue weighted by Crippen LogP contribution is 2.46. The second-order valence-corrected chi connectivity index (χ2v) is 10.9. The van der Waals surface area contributed by atoms with E-state index in [9.17, 15) is 9.90 Å². The Morgan fingerprint density at radius 1 is 1.20 bits per heavy atom. The number of hydrogen-bond acceptors (Lipinski definition) is 6. The van der Waals surface area contributed by atoms with Crippen LogP contribution in [0.25, 0.3) is 10.9 Å². The molecule has 3 aliphatic rings. The van der Waals surface area contributed by atoms with Crippen molar-refractivity contribution in [2.24, 2.45) is 0 Å². The van der Waals surface area contributed by atoms with Crippen molar-refractivity contribution >= 4 is 34.1 Å². The standard InChI is InChI=1S/C27H29ClN4O3/c1-26(34)14-18(15-26)24-23-17(4-7-29-24)12-20(16-30-23)35-11-10-32-8-5-27(6-9-32)21-13-19(28)2-3-22(21)31-25(27)33/h2-4,7,12-13,16,18,34H,5-6,8-11,14-15H2,1H3,(H,31,33). The van der Waals surface area contributed by atoms with Crippen LogP contribution in [0.2, 0.25) is 5.02 Å². The van der Waals surface area contributed by atoms with Gasteiger partial charge in [0.05, 0.1) is 28.4 Å². The highest BCUT2D eigenvalue weighted by atomic mass is 35.5. The Morgan fingerprint density at radius 2 is 2.00 bits per heavy atom. The first-order valence-corrected chi connectivity index (χ1v) is 12.6. The molecule has 0 unspecified atom stereocenters. The summed E-state index contributed by atoms with van der Waals surface area (Å²) in [6, 6.07) is 9.63. The molecule has 0 bridgehead atoms. The topological polar surface area (TPSA) is 87.6 Å². The van der Waals surface area contributed by atoms with Crippen LogP contribution in [-0.2, 0) is 10.2 Å². The predicted molar refractivity (Wildman–Crippen MR) is 135 cm³/mol. The molecule has 2 N–H and O–H groups in total. The number of benzene rings is 1. The maximum atomic E-state index is 12.8. The van der Waals surface area contributed by atoms with E-state index in [2.05, 4.69) is 20.2 Å². The molecule has 4 heterocycles. The summed E-state index contributed by atoms with van der Waals surface area (Å²) in [4.78, 5) is 24.4. The fraction of sp³-hybridized carbons (Fsp3) is 0.444. The summed E-state index contributed by atoms with van der Waals surface area (Å²) in [5.41, 5.74) is 2.70. The lowest BCUT2D eigenvalue weighted by atomic mass is 9.70. The molecule has 8 heteroatoms. The Morgan fingerprint density at radius 3 is 2.77 bits per heavy atom. The number of aromatic nitrogens is 2. The average molecular weight is 493 g/mol. The molecule has 1 aromatic carbocycles. The van der Waals surface area contributed by atoms with Crippen LogP contribution >= 0.6 is 11.6 Å². The largest absolute Gasteiger partial charge is 0.491 e. The zero-order valence-corrected chi connectivity index (χ0v) is 20.5. The second kappa shape index (κ2) is 8.43. The number of ether oxygens (including phenoxy) is 1. The molecule has 6 rings (SSSR count). The van der Waals surface area contributed by atoms with Gasteiger partial charge >= 0.3 is 0 Å². The van der Waals surface area contributed by atoms with Gasteiger partial charge in [-0.15, -0.1) is 0 Å². The van der Waals surface area contributed by atoms with E-state index in [1.807, 2.05) is 43.5 Å². The minimum atomic E-state index is -0.594. The lowest BCUT2D eigenvalue weighted by molar-refractivity contribution is -0.122. The molecule has 7 nitrogen and oxygen atoms in total. The van der Waals surface area contributed by atoms with Gasteiger partial charge in [-0.3, -0.25) is 19.7 Å². The first-order chi connectivity index (χ1) is 16.8. The summed E-state index contributed by atoms with van der Waals surface area (Å²) < 4.78 is 6.04. The van der Waals surface area contributed by atoms with Gasteiger partial charge in [0.1, 0.15) is 12.4 Å². The molecule has 1 amide bonds. The first kappa shape index (κ1) is 22.7. The number of nitrogens with one attached hydrogen (secondary N) is 1. The molecule has 35 heavy (non-hydrogen) atoms. The second-order valence-electron chi connectivity index (χ2n) is 10.5. The minimum absolute atomic E-state index is 0.0901. The molecule has 1 spiro atoms. The number of carbonyl (C=O) groups excluding carboxylic acids is 1. The number of piperidine rings is 1. The number of carbonyl (C=O) groups is 1. The van der Waals surface area contributed by atoms with Gasteiger partial charge < -0.3 is 15.2 Å². The number of fused-ring (bicyclic) bond motifs is 3. The molecule has 1 saturated heterocycles. The number of pyridine rings is 2. The fourth-order valence-corrected chi connectivity index (χ4v) is 6.14. The number of rotatable bonds is 5. The molecule has 1 saturated carbocycles. The SMILES string of the molecule is CC1(O)CC(c2nccc3cc(OCCN4CCC5(CC4)C(=O)Nc4ccc(Cl)cc45)cnc23)C1. The maximum Gasteiger partial charge on any atom is 0.235 e. The molecule has 1 aliphatic carbocycles. The Bertz CT molecular complexity index is 1290. The van der Waals surface area contributed by atoms with Crippen LogP contribution in [0, 0.1) is 0 Å². The Kier molecular flexibility index (Phi) is 5.47. The maximum absolute atomic E-state index is 12.8. The van der Waals surface area contributed by atoms with Gasteiger partial charge in [-0.05, 0) is 81.6 Å². The number of aliphatic hydroxyl groups is 1. The number of anilines is 1. The summed E-state index contributed by atoms with van der Waals surface area (Å²) in [5.74, 6) is 1.08. The Hall–Kier alpha value is -2.74. The lowest BCUT2D eigenvalue weighted by Crippen LogP contribution is -2.47. The predicted octanol–water partition coefficient (Wildman–Crippen LogP) is 4.28. The number of likely N-dealkylation sites (tertiary alicyclic amines) is 1. The van der Waals surface area contributed by atoms with E-state index >= 15 is 0 Å². The molecule has 0 radical (unpaired) electrons. The van der Waals surface area contributed by atoms with Crippen LogP contribution in [0.4, 0.5) is 5.69 Å². The van der Waals surface area contributed by atoms with Crippen molar-refractivity contribution < 1.29 is 14.6 Å². The zero-order valence-electron chi connectivity index (χ0n) is 19.8. The van der Waals surface area contributed by atoms with Gasteiger partial charge in [0, 0.05) is 34.8 Å². The van der Waals surface area contributed by atoms with E-state index in [1.165, 1.54) is 0 Å². The van der Waals surface area contributed by atoms with Crippen LogP contribution in [-0.4, -0.2) is 57.7 Å². The van der Waals surface area contributed by atoms with Gasteiger partial charge in [-0.1, -0.05) is 11.6 Å². The summed E-state index contributed by atoms with van der Waals surface area (Å²) >= 11 is 6.23. The normalized spacial score (nSPS) is 25.3. The molecule has 182 valence electrons. The molecular formula is C27H29ClN4O3. The Balaban J connectivity index is 1.06. The molecule has 3 aromatic rings. The van der Waals surface area contributed by atoms with Crippen LogP contribution in [0.15, 0.2) is 42.7 Å². The Labute approximate surface area is 209 Å². The smallest absolute Gasteiger partial charge is 0.235 e. The lowest BCUT2D eigenvalue weighted by Gasteiger charge is -2.40. The molecule has 0 atom stereocenters. The fourth-order valence-electron chi connectivity index (χ4n) is 5.97. The number of amides is 1. The van der Waals surface area contributed by atoms with Crippen molar-refractivity contribution in [2.45, 2.75) is 49.5 Å². The van der Waals surface area contributed by atoms with Gasteiger partial charge in [0.25, 0.3) is 0 Å². The van der Waals surface area contributed by atoms with E-state index < -0.39 is 11.0 Å².